The van der Waals surface area contributed by atoms with Gasteiger partial charge in [0.05, 0.1) is 6.61 Å². The molecule has 0 spiro atoms. The summed E-state index contributed by atoms with van der Waals surface area (Å²) in [7, 11) is 1.66. The molecule has 27 heavy (non-hydrogen) atoms. The van der Waals surface area contributed by atoms with E-state index in [-0.39, 0.29) is 5.91 Å². The molecule has 1 heterocycles. The molecule has 1 aliphatic carbocycles. The number of hydrogen-bond donors (Lipinski definition) is 1. The van der Waals surface area contributed by atoms with E-state index in [4.69, 9.17) is 13.9 Å². The van der Waals surface area contributed by atoms with Crippen molar-refractivity contribution < 1.29 is 18.7 Å². The minimum absolute atomic E-state index is 0.0969. The van der Waals surface area contributed by atoms with E-state index >= 15 is 0 Å². The monoisotopic (exact) mass is 371 g/mol. The van der Waals surface area contributed by atoms with E-state index < -0.39 is 0 Å². The van der Waals surface area contributed by atoms with E-state index in [2.05, 4.69) is 11.4 Å². The van der Waals surface area contributed by atoms with Crippen LogP contribution >= 0.6 is 0 Å². The van der Waals surface area contributed by atoms with Gasteiger partial charge in [-0.2, -0.15) is 0 Å². The lowest BCUT2D eigenvalue weighted by Gasteiger charge is -2.12. The molecule has 3 rings (SSSR count). The summed E-state index contributed by atoms with van der Waals surface area (Å²) in [5.74, 6) is 1.77. The zero-order valence-electron chi connectivity index (χ0n) is 16.5. The van der Waals surface area contributed by atoms with Crippen LogP contribution in [-0.2, 0) is 22.4 Å². The van der Waals surface area contributed by atoms with Crippen molar-refractivity contribution in [1.82, 2.24) is 5.32 Å². The third kappa shape index (κ3) is 4.53. The quantitative estimate of drug-likeness (QED) is 0.556. The highest BCUT2D eigenvalue weighted by atomic mass is 16.5. The van der Waals surface area contributed by atoms with Crippen LogP contribution in [0.1, 0.15) is 50.0 Å². The minimum atomic E-state index is -0.0969. The second-order valence-corrected chi connectivity index (χ2v) is 6.95. The topological polar surface area (TPSA) is 60.7 Å². The summed E-state index contributed by atoms with van der Waals surface area (Å²) in [6.45, 7) is 5.71. The predicted octanol–water partition coefficient (Wildman–Crippen LogP) is 4.27. The fourth-order valence-corrected chi connectivity index (χ4v) is 3.63. The van der Waals surface area contributed by atoms with Crippen molar-refractivity contribution in [2.24, 2.45) is 0 Å². The van der Waals surface area contributed by atoms with Gasteiger partial charge in [-0.05, 0) is 51.2 Å². The van der Waals surface area contributed by atoms with Crippen LogP contribution in [0.5, 0.6) is 5.75 Å². The molecule has 1 aromatic heterocycles. The van der Waals surface area contributed by atoms with Gasteiger partial charge in [-0.3, -0.25) is 4.79 Å². The lowest BCUT2D eigenvalue weighted by Crippen LogP contribution is -2.23. The summed E-state index contributed by atoms with van der Waals surface area (Å²) in [6, 6.07) is 4.10. The van der Waals surface area contributed by atoms with Crippen molar-refractivity contribution in [2.45, 2.75) is 46.0 Å². The van der Waals surface area contributed by atoms with Crippen LogP contribution in [0.4, 0.5) is 0 Å². The molecule has 2 aromatic rings. The van der Waals surface area contributed by atoms with Crippen molar-refractivity contribution in [3.63, 3.8) is 0 Å². The van der Waals surface area contributed by atoms with E-state index in [1.54, 1.807) is 13.2 Å². The Morgan fingerprint density at radius 3 is 2.89 bits per heavy atom. The Balaban J connectivity index is 1.89. The maximum Gasteiger partial charge on any atom is 0.244 e. The highest BCUT2D eigenvalue weighted by molar-refractivity contribution is 5.97. The molecular weight excluding hydrogens is 342 g/mol. The molecule has 0 unspecified atom stereocenters. The van der Waals surface area contributed by atoms with Crippen LogP contribution < -0.4 is 10.1 Å². The summed E-state index contributed by atoms with van der Waals surface area (Å²) in [5, 5.41) is 4.05. The van der Waals surface area contributed by atoms with Gasteiger partial charge >= 0.3 is 0 Å². The summed E-state index contributed by atoms with van der Waals surface area (Å²) >= 11 is 0. The fourth-order valence-electron chi connectivity index (χ4n) is 3.63. The Hall–Kier alpha value is -2.27. The van der Waals surface area contributed by atoms with Gasteiger partial charge in [-0.25, -0.2) is 0 Å². The van der Waals surface area contributed by atoms with Crippen molar-refractivity contribution in [3.05, 3.63) is 35.1 Å². The first-order chi connectivity index (χ1) is 13.1. The molecule has 1 N–H and O–H groups in total. The van der Waals surface area contributed by atoms with Gasteiger partial charge < -0.3 is 19.2 Å². The fraction of sp³-hybridized carbons (Fsp3) is 0.500. The van der Waals surface area contributed by atoms with Crippen molar-refractivity contribution in [3.8, 4) is 5.75 Å². The van der Waals surface area contributed by atoms with E-state index in [0.29, 0.717) is 19.8 Å². The summed E-state index contributed by atoms with van der Waals surface area (Å²) in [4.78, 5) is 12.2. The molecule has 0 aliphatic heterocycles. The van der Waals surface area contributed by atoms with E-state index in [0.717, 1.165) is 52.9 Å². The van der Waals surface area contributed by atoms with Crippen LogP contribution in [-0.4, -0.2) is 32.8 Å². The second kappa shape index (κ2) is 9.09. The molecule has 0 saturated carbocycles. The summed E-state index contributed by atoms with van der Waals surface area (Å²) in [6.07, 6.45) is 6.87. The highest BCUT2D eigenvalue weighted by Gasteiger charge is 2.20. The molecule has 0 saturated heterocycles. The average Bonchev–Trinajstić information content (AvgIpc) is 3.02. The number of nitrogens with one attached hydrogen (secondary N) is 1. The molecule has 146 valence electrons. The van der Waals surface area contributed by atoms with Crippen LogP contribution in [0, 0.1) is 0 Å². The molecule has 1 amide bonds. The van der Waals surface area contributed by atoms with Gasteiger partial charge in [0.2, 0.25) is 5.91 Å². The number of methoxy groups -OCH3 is 1. The van der Waals surface area contributed by atoms with Gasteiger partial charge in [0.15, 0.2) is 0 Å². The average molecular weight is 371 g/mol. The number of ether oxygens (including phenoxy) is 2. The Kier molecular flexibility index (Phi) is 6.56. The first-order valence-corrected chi connectivity index (χ1v) is 9.80. The Morgan fingerprint density at radius 1 is 1.30 bits per heavy atom. The number of furan rings is 1. The molecule has 1 aromatic carbocycles. The number of hydrogen-bond acceptors (Lipinski definition) is 4. The van der Waals surface area contributed by atoms with Crippen molar-refractivity contribution >= 4 is 22.4 Å². The third-order valence-corrected chi connectivity index (χ3v) is 4.95. The van der Waals surface area contributed by atoms with E-state index in [1.165, 1.54) is 18.4 Å². The standard InChI is InChI=1S/C22H29NO4/c1-4-26-20-14-21-18(16-8-5-6-9-19(16)27-21)13-17(20)15(2)12-22(24)23-10-7-11-25-3/h12-14H,4-11H2,1-3H3,(H,23,24)/b15-12+. The molecule has 0 fully saturated rings. The normalized spacial score (nSPS) is 14.3. The molecule has 5 heteroatoms. The van der Waals surface area contributed by atoms with Crippen LogP contribution in [0.25, 0.3) is 16.5 Å². The summed E-state index contributed by atoms with van der Waals surface area (Å²) < 4.78 is 16.9. The van der Waals surface area contributed by atoms with Crippen LogP contribution in [0.3, 0.4) is 0 Å². The van der Waals surface area contributed by atoms with Gasteiger partial charge in [0.1, 0.15) is 17.1 Å². The number of rotatable bonds is 8. The predicted molar refractivity (Wildman–Crippen MR) is 107 cm³/mol. The molecule has 0 radical (unpaired) electrons. The SMILES string of the molecule is CCOc1cc2oc3c(c2cc1/C(C)=C/C(=O)NCCCOC)CCCC3. The van der Waals surface area contributed by atoms with Crippen molar-refractivity contribution in [1.29, 1.82) is 0 Å². The molecule has 5 nitrogen and oxygen atoms in total. The smallest absolute Gasteiger partial charge is 0.244 e. The first kappa shape index (κ1) is 19.5. The molecule has 0 atom stereocenters. The van der Waals surface area contributed by atoms with Crippen LogP contribution in [0.15, 0.2) is 22.6 Å². The number of amides is 1. The Morgan fingerprint density at radius 2 is 2.11 bits per heavy atom. The largest absolute Gasteiger partial charge is 0.493 e. The Labute approximate surface area is 160 Å². The van der Waals surface area contributed by atoms with Crippen molar-refractivity contribution in [2.75, 3.05) is 26.9 Å². The molecule has 1 aliphatic rings. The van der Waals surface area contributed by atoms with Crippen LogP contribution in [0.2, 0.25) is 0 Å². The van der Waals surface area contributed by atoms with Gasteiger partial charge in [0, 0.05) is 55.3 Å². The first-order valence-electron chi connectivity index (χ1n) is 9.80. The van der Waals surface area contributed by atoms with Gasteiger partial charge in [-0.15, -0.1) is 0 Å². The maximum absolute atomic E-state index is 12.2. The highest BCUT2D eigenvalue weighted by Crippen LogP contribution is 2.38. The zero-order chi connectivity index (χ0) is 19.2. The molecule has 0 bridgehead atoms. The number of fused-ring (bicyclic) bond motifs is 3. The van der Waals surface area contributed by atoms with E-state index in [9.17, 15) is 4.79 Å². The zero-order valence-corrected chi connectivity index (χ0v) is 16.5. The number of carbonyl (C=O) groups excluding carboxylic acids is 1. The lowest BCUT2D eigenvalue weighted by atomic mass is 9.94. The lowest BCUT2D eigenvalue weighted by molar-refractivity contribution is -0.116. The summed E-state index contributed by atoms with van der Waals surface area (Å²) in [5.41, 5.74) is 4.03. The van der Waals surface area contributed by atoms with Gasteiger partial charge in [-0.1, -0.05) is 0 Å². The Bertz CT molecular complexity index is 834. The van der Waals surface area contributed by atoms with E-state index in [1.807, 2.05) is 19.9 Å². The minimum Gasteiger partial charge on any atom is -0.493 e. The number of allylic oxidation sites excluding steroid dienone is 1. The molecular formula is C22H29NO4. The number of carbonyl (C=O) groups is 1. The second-order valence-electron chi connectivity index (χ2n) is 6.95. The third-order valence-electron chi connectivity index (χ3n) is 4.95. The number of aryl methyl sites for hydroxylation is 2. The van der Waals surface area contributed by atoms with Gasteiger partial charge in [0.25, 0.3) is 0 Å². The maximum atomic E-state index is 12.2. The number of benzene rings is 1.